The summed E-state index contributed by atoms with van der Waals surface area (Å²) in [6.07, 6.45) is 1.05. The molecule has 18 heavy (non-hydrogen) atoms. The zero-order valence-electron chi connectivity index (χ0n) is 12.3. The molecule has 1 aromatic heterocycles. The summed E-state index contributed by atoms with van der Waals surface area (Å²) in [7, 11) is 0. The van der Waals surface area contributed by atoms with Crippen LogP contribution in [0.5, 0.6) is 0 Å². The monoisotopic (exact) mass is 252 g/mol. The van der Waals surface area contributed by atoms with Gasteiger partial charge in [-0.2, -0.15) is 4.98 Å². The van der Waals surface area contributed by atoms with Gasteiger partial charge in [-0.1, -0.05) is 39.8 Å². The molecule has 0 bridgehead atoms. The molecule has 0 aliphatic heterocycles. The maximum absolute atomic E-state index is 12.3. The van der Waals surface area contributed by atoms with Crippen molar-refractivity contribution in [1.29, 1.82) is 0 Å². The van der Waals surface area contributed by atoms with Crippen LogP contribution in [0.3, 0.4) is 0 Å². The van der Waals surface area contributed by atoms with Gasteiger partial charge in [-0.3, -0.25) is 4.79 Å². The highest BCUT2D eigenvalue weighted by Crippen LogP contribution is 2.33. The highest BCUT2D eigenvalue weighted by Gasteiger charge is 2.33. The molecule has 0 saturated heterocycles. The third-order valence-corrected chi connectivity index (χ3v) is 3.11. The molecule has 1 heterocycles. The van der Waals surface area contributed by atoms with Crippen molar-refractivity contribution in [1.82, 2.24) is 10.1 Å². The maximum atomic E-state index is 12.3. The third kappa shape index (κ3) is 3.93. The van der Waals surface area contributed by atoms with Gasteiger partial charge in [0.15, 0.2) is 5.82 Å². The Kier molecular flexibility index (Phi) is 4.65. The molecule has 1 unspecified atom stereocenters. The first-order chi connectivity index (χ1) is 8.21. The van der Waals surface area contributed by atoms with E-state index in [1.54, 1.807) is 6.92 Å². The lowest BCUT2D eigenvalue weighted by Gasteiger charge is -2.32. The summed E-state index contributed by atoms with van der Waals surface area (Å²) >= 11 is 0. The van der Waals surface area contributed by atoms with E-state index in [0.717, 1.165) is 0 Å². The predicted octanol–water partition coefficient (Wildman–Crippen LogP) is 3.20. The summed E-state index contributed by atoms with van der Waals surface area (Å²) in [5.41, 5.74) is -0.00157. The van der Waals surface area contributed by atoms with E-state index in [-0.39, 0.29) is 11.3 Å². The van der Waals surface area contributed by atoms with E-state index in [1.165, 1.54) is 0 Å². The van der Waals surface area contributed by atoms with Crippen molar-refractivity contribution in [2.75, 3.05) is 0 Å². The van der Waals surface area contributed by atoms with Crippen molar-refractivity contribution in [2.45, 2.75) is 54.4 Å². The van der Waals surface area contributed by atoms with Gasteiger partial charge in [-0.25, -0.2) is 0 Å². The van der Waals surface area contributed by atoms with Gasteiger partial charge in [-0.05, 0) is 11.3 Å². The minimum atomic E-state index is -0.00157. The SMILES string of the molecule is Cc1nc(CCC(=O)C(C(C)C)C(C)(C)C)no1. The normalized spacial score (nSPS) is 13.9. The van der Waals surface area contributed by atoms with E-state index in [2.05, 4.69) is 44.8 Å². The van der Waals surface area contributed by atoms with Gasteiger partial charge in [0, 0.05) is 25.7 Å². The van der Waals surface area contributed by atoms with Gasteiger partial charge in [0.2, 0.25) is 5.89 Å². The molecule has 0 aliphatic rings. The van der Waals surface area contributed by atoms with Crippen LogP contribution in [0.1, 0.15) is 52.8 Å². The third-order valence-electron chi connectivity index (χ3n) is 3.11. The summed E-state index contributed by atoms with van der Waals surface area (Å²) in [5.74, 6) is 1.89. The summed E-state index contributed by atoms with van der Waals surface area (Å²) in [4.78, 5) is 16.4. The molecule has 0 aliphatic carbocycles. The molecule has 102 valence electrons. The largest absolute Gasteiger partial charge is 0.340 e. The van der Waals surface area contributed by atoms with Crippen LogP contribution in [-0.4, -0.2) is 15.9 Å². The number of aromatic nitrogens is 2. The second-order valence-electron chi connectivity index (χ2n) is 6.28. The molecule has 0 amide bonds. The lowest BCUT2D eigenvalue weighted by Crippen LogP contribution is -2.33. The summed E-state index contributed by atoms with van der Waals surface area (Å²) < 4.78 is 4.90. The summed E-state index contributed by atoms with van der Waals surface area (Å²) in [6, 6.07) is 0. The highest BCUT2D eigenvalue weighted by atomic mass is 16.5. The molecule has 1 atom stereocenters. The number of Topliss-reactive ketones (excluding diaryl/α,β-unsaturated/α-hetero) is 1. The standard InChI is InChI=1S/C14H24N2O2/c1-9(2)13(14(4,5)6)11(17)7-8-12-15-10(3)18-16-12/h9,13H,7-8H2,1-6H3. The van der Waals surface area contributed by atoms with Crippen LogP contribution >= 0.6 is 0 Å². The van der Waals surface area contributed by atoms with Crippen LogP contribution in [0, 0.1) is 24.2 Å². The Morgan fingerprint density at radius 1 is 1.33 bits per heavy atom. The fourth-order valence-electron chi connectivity index (χ4n) is 2.69. The van der Waals surface area contributed by atoms with Crippen molar-refractivity contribution in [3.63, 3.8) is 0 Å². The van der Waals surface area contributed by atoms with Crippen LogP contribution in [0.2, 0.25) is 0 Å². The summed E-state index contributed by atoms with van der Waals surface area (Å²) in [6.45, 7) is 12.3. The van der Waals surface area contributed by atoms with Crippen LogP contribution in [0.4, 0.5) is 0 Å². The highest BCUT2D eigenvalue weighted by molar-refractivity contribution is 5.82. The Morgan fingerprint density at radius 2 is 1.94 bits per heavy atom. The second-order valence-corrected chi connectivity index (χ2v) is 6.28. The maximum Gasteiger partial charge on any atom is 0.223 e. The number of hydrogen-bond donors (Lipinski definition) is 0. The van der Waals surface area contributed by atoms with Crippen molar-refractivity contribution < 1.29 is 9.32 Å². The number of carbonyl (C=O) groups excluding carboxylic acids is 1. The molecule has 1 aromatic rings. The number of carbonyl (C=O) groups is 1. The molecule has 1 rings (SSSR count). The fourth-order valence-corrected chi connectivity index (χ4v) is 2.69. The van der Waals surface area contributed by atoms with E-state index in [0.29, 0.717) is 36.3 Å². The lowest BCUT2D eigenvalue weighted by molar-refractivity contribution is -0.127. The molecule has 0 N–H and O–H groups in total. The zero-order chi connectivity index (χ0) is 13.9. The van der Waals surface area contributed by atoms with Crippen molar-refractivity contribution in [2.24, 2.45) is 17.3 Å². The van der Waals surface area contributed by atoms with Crippen molar-refractivity contribution in [3.8, 4) is 0 Å². The number of nitrogens with zero attached hydrogens (tertiary/aromatic N) is 2. The lowest BCUT2D eigenvalue weighted by atomic mass is 9.71. The van der Waals surface area contributed by atoms with E-state index in [4.69, 9.17) is 4.52 Å². The molecule has 0 saturated carbocycles. The molecular formula is C14H24N2O2. The molecule has 0 radical (unpaired) electrons. The minimum absolute atomic E-state index is 0.00157. The van der Waals surface area contributed by atoms with E-state index >= 15 is 0 Å². The first-order valence-electron chi connectivity index (χ1n) is 6.53. The summed E-state index contributed by atoms with van der Waals surface area (Å²) in [5, 5.41) is 3.82. The molecular weight excluding hydrogens is 228 g/mol. The average Bonchev–Trinajstić information content (AvgIpc) is 2.58. The van der Waals surface area contributed by atoms with Crippen molar-refractivity contribution in [3.05, 3.63) is 11.7 Å². The average molecular weight is 252 g/mol. The number of aryl methyl sites for hydroxylation is 2. The van der Waals surface area contributed by atoms with Crippen LogP contribution in [0.15, 0.2) is 4.52 Å². The van der Waals surface area contributed by atoms with Gasteiger partial charge < -0.3 is 4.52 Å². The topological polar surface area (TPSA) is 56.0 Å². The van der Waals surface area contributed by atoms with Gasteiger partial charge in [-0.15, -0.1) is 0 Å². The Hall–Kier alpha value is -1.19. The Morgan fingerprint density at radius 3 is 2.33 bits per heavy atom. The van der Waals surface area contributed by atoms with Gasteiger partial charge in [0.05, 0.1) is 0 Å². The molecule has 4 nitrogen and oxygen atoms in total. The molecule has 0 spiro atoms. The van der Waals surface area contributed by atoms with Crippen molar-refractivity contribution >= 4 is 5.78 Å². The van der Waals surface area contributed by atoms with Crippen LogP contribution in [0.25, 0.3) is 0 Å². The zero-order valence-corrected chi connectivity index (χ0v) is 12.3. The van der Waals surface area contributed by atoms with Crippen LogP contribution < -0.4 is 0 Å². The number of ketones is 1. The van der Waals surface area contributed by atoms with Gasteiger partial charge >= 0.3 is 0 Å². The Labute approximate surface area is 109 Å². The first kappa shape index (κ1) is 14.9. The van der Waals surface area contributed by atoms with E-state index in [9.17, 15) is 4.79 Å². The molecule has 4 heteroatoms. The fraction of sp³-hybridized carbons (Fsp3) is 0.786. The number of rotatable bonds is 5. The number of hydrogen-bond acceptors (Lipinski definition) is 4. The quantitative estimate of drug-likeness (QED) is 0.807. The first-order valence-corrected chi connectivity index (χ1v) is 6.53. The van der Waals surface area contributed by atoms with E-state index in [1.807, 2.05) is 0 Å². The Bertz CT molecular complexity index is 402. The minimum Gasteiger partial charge on any atom is -0.340 e. The smallest absolute Gasteiger partial charge is 0.223 e. The van der Waals surface area contributed by atoms with Crippen LogP contribution in [-0.2, 0) is 11.2 Å². The Balaban J connectivity index is 2.63. The second kappa shape index (κ2) is 5.63. The molecule has 0 aromatic carbocycles. The van der Waals surface area contributed by atoms with Gasteiger partial charge in [0.25, 0.3) is 0 Å². The van der Waals surface area contributed by atoms with E-state index < -0.39 is 0 Å². The predicted molar refractivity (Wildman–Crippen MR) is 70.1 cm³/mol. The van der Waals surface area contributed by atoms with Gasteiger partial charge in [0.1, 0.15) is 5.78 Å². The molecule has 0 fully saturated rings.